The number of benzene rings is 3. The number of amides is 2. The number of hydrogen-bond acceptors (Lipinski definition) is 2. The van der Waals surface area contributed by atoms with Crippen molar-refractivity contribution in [2.45, 2.75) is 13.0 Å². The van der Waals surface area contributed by atoms with Crippen molar-refractivity contribution in [3.05, 3.63) is 82.3 Å². The standard InChI is InChI=1S/C21H19BrN2O2/c1-14(18-11-5-7-15-6-2-3-10-19(15)18)24-20(25)13-23-21(26)16-8-4-9-17(22)12-16/h2-12,14H,13H2,1H3,(H,23,26)(H,24,25)/t14-/m0/s1. The third kappa shape index (κ3) is 4.29. The van der Waals surface area contributed by atoms with Crippen LogP contribution in [0.4, 0.5) is 0 Å². The maximum atomic E-state index is 12.2. The van der Waals surface area contributed by atoms with E-state index < -0.39 is 0 Å². The van der Waals surface area contributed by atoms with Crippen LogP contribution in [0.5, 0.6) is 0 Å². The molecule has 0 spiro atoms. The minimum Gasteiger partial charge on any atom is -0.348 e. The van der Waals surface area contributed by atoms with Gasteiger partial charge in [-0.05, 0) is 41.5 Å². The lowest BCUT2D eigenvalue weighted by molar-refractivity contribution is -0.120. The second kappa shape index (κ2) is 8.15. The van der Waals surface area contributed by atoms with Crippen molar-refractivity contribution in [1.82, 2.24) is 10.6 Å². The fraction of sp³-hybridized carbons (Fsp3) is 0.143. The molecule has 3 rings (SSSR count). The Hall–Kier alpha value is -2.66. The highest BCUT2D eigenvalue weighted by molar-refractivity contribution is 9.10. The molecule has 2 N–H and O–H groups in total. The van der Waals surface area contributed by atoms with E-state index in [-0.39, 0.29) is 24.4 Å². The van der Waals surface area contributed by atoms with E-state index in [1.807, 2.05) is 55.5 Å². The molecule has 0 radical (unpaired) electrons. The molecule has 3 aromatic carbocycles. The molecule has 0 unspecified atom stereocenters. The van der Waals surface area contributed by atoms with Gasteiger partial charge in [-0.15, -0.1) is 0 Å². The van der Waals surface area contributed by atoms with E-state index in [0.717, 1.165) is 20.8 Å². The van der Waals surface area contributed by atoms with Gasteiger partial charge in [-0.2, -0.15) is 0 Å². The topological polar surface area (TPSA) is 58.2 Å². The molecule has 26 heavy (non-hydrogen) atoms. The third-order valence-electron chi connectivity index (χ3n) is 4.16. The van der Waals surface area contributed by atoms with Crippen molar-refractivity contribution >= 4 is 38.5 Å². The molecule has 0 saturated carbocycles. The van der Waals surface area contributed by atoms with Gasteiger partial charge in [0.15, 0.2) is 0 Å². The van der Waals surface area contributed by atoms with Gasteiger partial charge >= 0.3 is 0 Å². The van der Waals surface area contributed by atoms with Crippen molar-refractivity contribution in [3.63, 3.8) is 0 Å². The molecule has 5 heteroatoms. The maximum absolute atomic E-state index is 12.2. The predicted molar refractivity (Wildman–Crippen MR) is 107 cm³/mol. The van der Waals surface area contributed by atoms with Gasteiger partial charge in [-0.25, -0.2) is 0 Å². The highest BCUT2D eigenvalue weighted by atomic mass is 79.9. The average Bonchev–Trinajstić information content (AvgIpc) is 2.65. The van der Waals surface area contributed by atoms with Crippen LogP contribution in [0.1, 0.15) is 28.9 Å². The summed E-state index contributed by atoms with van der Waals surface area (Å²) in [5, 5.41) is 7.84. The number of nitrogens with one attached hydrogen (secondary N) is 2. The first-order chi connectivity index (χ1) is 12.5. The smallest absolute Gasteiger partial charge is 0.251 e. The number of carbonyl (C=O) groups excluding carboxylic acids is 2. The van der Waals surface area contributed by atoms with E-state index in [1.165, 1.54) is 0 Å². The van der Waals surface area contributed by atoms with Gasteiger partial charge in [0.2, 0.25) is 5.91 Å². The minimum absolute atomic E-state index is 0.0690. The molecule has 132 valence electrons. The van der Waals surface area contributed by atoms with Gasteiger partial charge in [0.25, 0.3) is 5.91 Å². The first-order valence-corrected chi connectivity index (χ1v) is 9.14. The zero-order chi connectivity index (χ0) is 18.5. The summed E-state index contributed by atoms with van der Waals surface area (Å²) in [6, 6.07) is 21.0. The highest BCUT2D eigenvalue weighted by Crippen LogP contribution is 2.23. The average molecular weight is 411 g/mol. The molecule has 2 amide bonds. The van der Waals surface area contributed by atoms with Gasteiger partial charge in [-0.3, -0.25) is 9.59 Å². The number of rotatable bonds is 5. The van der Waals surface area contributed by atoms with Crippen molar-refractivity contribution in [2.24, 2.45) is 0 Å². The van der Waals surface area contributed by atoms with E-state index in [4.69, 9.17) is 0 Å². The van der Waals surface area contributed by atoms with Crippen molar-refractivity contribution in [1.29, 1.82) is 0 Å². The van der Waals surface area contributed by atoms with E-state index in [1.54, 1.807) is 18.2 Å². The number of halogens is 1. The molecule has 0 bridgehead atoms. The summed E-state index contributed by atoms with van der Waals surface area (Å²) in [5.41, 5.74) is 1.56. The van der Waals surface area contributed by atoms with Gasteiger partial charge in [0, 0.05) is 10.0 Å². The van der Waals surface area contributed by atoms with Crippen LogP contribution in [0, 0.1) is 0 Å². The second-order valence-corrected chi connectivity index (χ2v) is 6.97. The lowest BCUT2D eigenvalue weighted by atomic mass is 10.00. The molecule has 4 nitrogen and oxygen atoms in total. The van der Waals surface area contributed by atoms with Gasteiger partial charge in [0.1, 0.15) is 0 Å². The van der Waals surface area contributed by atoms with Crippen LogP contribution in [-0.2, 0) is 4.79 Å². The molecule has 3 aromatic rings. The number of hydrogen-bond donors (Lipinski definition) is 2. The van der Waals surface area contributed by atoms with Crippen molar-refractivity contribution < 1.29 is 9.59 Å². The number of carbonyl (C=O) groups is 2. The summed E-state index contributed by atoms with van der Waals surface area (Å²) in [6.45, 7) is 1.87. The molecule has 0 saturated heterocycles. The first-order valence-electron chi connectivity index (χ1n) is 8.35. The molecule has 1 atom stereocenters. The summed E-state index contributed by atoms with van der Waals surface area (Å²) in [7, 11) is 0. The lowest BCUT2D eigenvalue weighted by Crippen LogP contribution is -2.38. The SMILES string of the molecule is C[C@H](NC(=O)CNC(=O)c1cccc(Br)c1)c1cccc2ccccc12. The summed E-state index contributed by atoms with van der Waals surface area (Å²) < 4.78 is 0.819. The Morgan fingerprint density at radius 1 is 1.00 bits per heavy atom. The molecule has 0 aromatic heterocycles. The molecule has 0 aliphatic heterocycles. The summed E-state index contributed by atoms with van der Waals surface area (Å²) in [4.78, 5) is 24.4. The molecule has 0 aliphatic carbocycles. The largest absolute Gasteiger partial charge is 0.348 e. The second-order valence-electron chi connectivity index (χ2n) is 6.05. The normalized spacial score (nSPS) is 11.8. The Balaban J connectivity index is 1.61. The summed E-state index contributed by atoms with van der Waals surface area (Å²) in [5.74, 6) is -0.506. The Kier molecular flexibility index (Phi) is 5.68. The fourth-order valence-corrected chi connectivity index (χ4v) is 3.29. The van der Waals surface area contributed by atoms with E-state index in [2.05, 4.69) is 26.6 Å². The maximum Gasteiger partial charge on any atom is 0.251 e. The fourth-order valence-electron chi connectivity index (χ4n) is 2.89. The quantitative estimate of drug-likeness (QED) is 0.661. The molecule has 0 heterocycles. The molecule has 0 aliphatic rings. The van der Waals surface area contributed by atoms with Crippen LogP contribution >= 0.6 is 15.9 Å². The van der Waals surface area contributed by atoms with Crippen LogP contribution in [-0.4, -0.2) is 18.4 Å². The monoisotopic (exact) mass is 410 g/mol. The van der Waals surface area contributed by atoms with Crippen molar-refractivity contribution in [2.75, 3.05) is 6.54 Å². The highest BCUT2D eigenvalue weighted by Gasteiger charge is 2.13. The van der Waals surface area contributed by atoms with E-state index in [9.17, 15) is 9.59 Å². The van der Waals surface area contributed by atoms with Gasteiger partial charge in [0.05, 0.1) is 12.6 Å². The Labute approximate surface area is 160 Å². The minimum atomic E-state index is -0.278. The van der Waals surface area contributed by atoms with Crippen LogP contribution in [0.15, 0.2) is 71.2 Å². The predicted octanol–water partition coefficient (Wildman–Crippen LogP) is 4.21. The zero-order valence-corrected chi connectivity index (χ0v) is 15.9. The number of fused-ring (bicyclic) bond motifs is 1. The Morgan fingerprint density at radius 2 is 1.73 bits per heavy atom. The van der Waals surface area contributed by atoms with Crippen LogP contribution in [0.25, 0.3) is 10.8 Å². The Morgan fingerprint density at radius 3 is 2.54 bits per heavy atom. The first kappa shape index (κ1) is 18.1. The Bertz CT molecular complexity index is 950. The van der Waals surface area contributed by atoms with Crippen LogP contribution in [0.2, 0.25) is 0 Å². The molecular weight excluding hydrogens is 392 g/mol. The van der Waals surface area contributed by atoms with Crippen LogP contribution < -0.4 is 10.6 Å². The molecular formula is C21H19BrN2O2. The van der Waals surface area contributed by atoms with Gasteiger partial charge < -0.3 is 10.6 Å². The van der Waals surface area contributed by atoms with E-state index in [0.29, 0.717) is 5.56 Å². The summed E-state index contributed by atoms with van der Waals surface area (Å²) >= 11 is 3.33. The third-order valence-corrected chi connectivity index (χ3v) is 4.66. The molecule has 0 fully saturated rings. The zero-order valence-electron chi connectivity index (χ0n) is 14.3. The van der Waals surface area contributed by atoms with E-state index >= 15 is 0 Å². The summed E-state index contributed by atoms with van der Waals surface area (Å²) in [6.07, 6.45) is 0. The van der Waals surface area contributed by atoms with Crippen LogP contribution in [0.3, 0.4) is 0 Å². The lowest BCUT2D eigenvalue weighted by Gasteiger charge is -2.17. The van der Waals surface area contributed by atoms with Gasteiger partial charge in [-0.1, -0.05) is 64.5 Å². The van der Waals surface area contributed by atoms with Crippen molar-refractivity contribution in [3.8, 4) is 0 Å².